The van der Waals surface area contributed by atoms with Crippen molar-refractivity contribution in [3.8, 4) is 6.07 Å². The third-order valence-electron chi connectivity index (χ3n) is 2.13. The van der Waals surface area contributed by atoms with E-state index in [-0.39, 0.29) is 6.61 Å². The molecule has 1 N–H and O–H groups in total. The Balaban J connectivity index is 2.75. The largest absolute Gasteiger partial charge is 0.392 e. The molecule has 0 aliphatic rings. The number of aliphatic hydroxyl groups is 1. The van der Waals surface area contributed by atoms with E-state index < -0.39 is 0 Å². The summed E-state index contributed by atoms with van der Waals surface area (Å²) >= 11 is 0. The SMILES string of the molecule is N#Cc1ccc2c(CO)ccnc2c1. The molecule has 0 aliphatic carbocycles. The van der Waals surface area contributed by atoms with Crippen molar-refractivity contribution in [2.45, 2.75) is 6.61 Å². The molecule has 2 rings (SSSR count). The van der Waals surface area contributed by atoms with Crippen LogP contribution in [0.25, 0.3) is 10.9 Å². The fourth-order valence-corrected chi connectivity index (χ4v) is 1.41. The van der Waals surface area contributed by atoms with Gasteiger partial charge in [-0.25, -0.2) is 0 Å². The molecule has 1 aromatic heterocycles. The van der Waals surface area contributed by atoms with Crippen molar-refractivity contribution in [2.75, 3.05) is 0 Å². The summed E-state index contributed by atoms with van der Waals surface area (Å²) in [4.78, 5) is 4.14. The van der Waals surface area contributed by atoms with Crippen LogP contribution in [0.2, 0.25) is 0 Å². The molecule has 0 amide bonds. The maximum Gasteiger partial charge on any atom is 0.0992 e. The van der Waals surface area contributed by atoms with Gasteiger partial charge in [0.1, 0.15) is 0 Å². The molecular weight excluding hydrogens is 176 g/mol. The summed E-state index contributed by atoms with van der Waals surface area (Å²) in [5.74, 6) is 0. The lowest BCUT2D eigenvalue weighted by molar-refractivity contribution is 0.283. The van der Waals surface area contributed by atoms with Crippen molar-refractivity contribution < 1.29 is 5.11 Å². The van der Waals surface area contributed by atoms with E-state index in [0.29, 0.717) is 5.56 Å². The zero-order valence-electron chi connectivity index (χ0n) is 7.44. The Hall–Kier alpha value is -1.92. The monoisotopic (exact) mass is 184 g/mol. The number of fused-ring (bicyclic) bond motifs is 1. The van der Waals surface area contributed by atoms with E-state index in [1.165, 1.54) is 0 Å². The molecule has 14 heavy (non-hydrogen) atoms. The van der Waals surface area contributed by atoms with E-state index in [1.807, 2.05) is 6.07 Å². The minimum absolute atomic E-state index is 0.00901. The average molecular weight is 184 g/mol. The molecule has 0 atom stereocenters. The fraction of sp³-hybridized carbons (Fsp3) is 0.0909. The van der Waals surface area contributed by atoms with Crippen molar-refractivity contribution >= 4 is 10.9 Å². The first-order chi connectivity index (χ1) is 6.85. The number of nitriles is 1. The summed E-state index contributed by atoms with van der Waals surface area (Å²) in [6.45, 7) is -0.00901. The molecule has 0 fully saturated rings. The van der Waals surface area contributed by atoms with Gasteiger partial charge in [-0.2, -0.15) is 5.26 Å². The topological polar surface area (TPSA) is 56.9 Å². The Kier molecular flexibility index (Phi) is 2.13. The highest BCUT2D eigenvalue weighted by atomic mass is 16.3. The van der Waals surface area contributed by atoms with E-state index >= 15 is 0 Å². The molecule has 1 heterocycles. The fourth-order valence-electron chi connectivity index (χ4n) is 1.41. The summed E-state index contributed by atoms with van der Waals surface area (Å²) in [6.07, 6.45) is 1.63. The third-order valence-corrected chi connectivity index (χ3v) is 2.13. The van der Waals surface area contributed by atoms with Crippen molar-refractivity contribution in [1.82, 2.24) is 4.98 Å². The number of nitrogens with zero attached hydrogens (tertiary/aromatic N) is 2. The van der Waals surface area contributed by atoms with E-state index in [2.05, 4.69) is 11.1 Å². The molecule has 0 saturated carbocycles. The number of pyridine rings is 1. The van der Waals surface area contributed by atoms with E-state index in [4.69, 9.17) is 10.4 Å². The first kappa shape index (κ1) is 8.67. The second-order valence-electron chi connectivity index (χ2n) is 2.97. The molecule has 0 unspecified atom stereocenters. The van der Waals surface area contributed by atoms with Gasteiger partial charge in [0.15, 0.2) is 0 Å². The van der Waals surface area contributed by atoms with Crippen LogP contribution in [0, 0.1) is 11.3 Å². The summed E-state index contributed by atoms with van der Waals surface area (Å²) < 4.78 is 0. The molecule has 3 heteroatoms. The molecular formula is C11H8N2O. The van der Waals surface area contributed by atoms with E-state index in [0.717, 1.165) is 16.5 Å². The highest BCUT2D eigenvalue weighted by Crippen LogP contribution is 2.17. The van der Waals surface area contributed by atoms with Crippen molar-refractivity contribution in [3.63, 3.8) is 0 Å². The molecule has 68 valence electrons. The van der Waals surface area contributed by atoms with Crippen LogP contribution in [0.5, 0.6) is 0 Å². The van der Waals surface area contributed by atoms with Crippen molar-refractivity contribution in [2.24, 2.45) is 0 Å². The number of hydrogen-bond donors (Lipinski definition) is 1. The Labute approximate surface area is 81.2 Å². The molecule has 3 nitrogen and oxygen atoms in total. The molecule has 1 aromatic carbocycles. The molecule has 0 radical (unpaired) electrons. The smallest absolute Gasteiger partial charge is 0.0992 e. The number of aromatic nitrogens is 1. The van der Waals surface area contributed by atoms with Gasteiger partial charge in [0.05, 0.1) is 23.8 Å². The van der Waals surface area contributed by atoms with Crippen LogP contribution in [0.4, 0.5) is 0 Å². The maximum atomic E-state index is 9.07. The number of hydrogen-bond acceptors (Lipinski definition) is 3. The van der Waals surface area contributed by atoms with Gasteiger partial charge < -0.3 is 5.11 Å². The van der Waals surface area contributed by atoms with Gasteiger partial charge in [0, 0.05) is 11.6 Å². The molecule has 0 bridgehead atoms. The minimum atomic E-state index is -0.00901. The second kappa shape index (κ2) is 3.44. The van der Waals surface area contributed by atoms with E-state index in [9.17, 15) is 0 Å². The number of benzene rings is 1. The lowest BCUT2D eigenvalue weighted by Gasteiger charge is -2.02. The van der Waals surface area contributed by atoms with Crippen molar-refractivity contribution in [3.05, 3.63) is 41.6 Å². The van der Waals surface area contributed by atoms with Crippen LogP contribution in [-0.4, -0.2) is 10.1 Å². The first-order valence-electron chi connectivity index (χ1n) is 4.24. The van der Waals surface area contributed by atoms with Crippen LogP contribution in [0.3, 0.4) is 0 Å². The quantitative estimate of drug-likeness (QED) is 0.732. The highest BCUT2D eigenvalue weighted by Gasteiger charge is 2.01. The van der Waals surface area contributed by atoms with Crippen LogP contribution < -0.4 is 0 Å². The maximum absolute atomic E-state index is 9.07. The van der Waals surface area contributed by atoms with E-state index in [1.54, 1.807) is 24.4 Å². The summed E-state index contributed by atoms with van der Waals surface area (Å²) in [7, 11) is 0. The van der Waals surface area contributed by atoms with Gasteiger partial charge >= 0.3 is 0 Å². The van der Waals surface area contributed by atoms with Crippen LogP contribution in [0.1, 0.15) is 11.1 Å². The van der Waals surface area contributed by atoms with Gasteiger partial charge in [-0.05, 0) is 23.8 Å². The van der Waals surface area contributed by atoms with Gasteiger partial charge in [-0.15, -0.1) is 0 Å². The summed E-state index contributed by atoms with van der Waals surface area (Å²) in [5, 5.41) is 18.7. The van der Waals surface area contributed by atoms with Crippen molar-refractivity contribution in [1.29, 1.82) is 5.26 Å². The van der Waals surface area contributed by atoms with Gasteiger partial charge in [-0.1, -0.05) is 6.07 Å². The average Bonchev–Trinajstić information content (AvgIpc) is 2.27. The predicted octanol–water partition coefficient (Wildman–Crippen LogP) is 1.60. The summed E-state index contributed by atoms with van der Waals surface area (Å²) in [5.41, 5.74) is 2.16. The highest BCUT2D eigenvalue weighted by molar-refractivity contribution is 5.83. The zero-order valence-corrected chi connectivity index (χ0v) is 7.44. The Morgan fingerprint density at radius 1 is 1.36 bits per heavy atom. The number of aliphatic hydroxyl groups excluding tert-OH is 1. The van der Waals surface area contributed by atoms with Crippen LogP contribution in [0.15, 0.2) is 30.5 Å². The van der Waals surface area contributed by atoms with Crippen LogP contribution >= 0.6 is 0 Å². The Bertz CT molecular complexity index is 514. The molecule has 0 saturated heterocycles. The third kappa shape index (κ3) is 1.32. The summed E-state index contributed by atoms with van der Waals surface area (Å²) in [6, 6.07) is 9.08. The lowest BCUT2D eigenvalue weighted by Crippen LogP contribution is -1.88. The molecule has 0 aliphatic heterocycles. The van der Waals surface area contributed by atoms with Gasteiger partial charge in [-0.3, -0.25) is 4.98 Å². The standard InChI is InChI=1S/C11H8N2O/c12-6-8-1-2-10-9(7-14)3-4-13-11(10)5-8/h1-5,14H,7H2. The second-order valence-corrected chi connectivity index (χ2v) is 2.97. The minimum Gasteiger partial charge on any atom is -0.392 e. The Morgan fingerprint density at radius 2 is 2.21 bits per heavy atom. The van der Waals surface area contributed by atoms with Gasteiger partial charge in [0.2, 0.25) is 0 Å². The zero-order chi connectivity index (χ0) is 9.97. The molecule has 2 aromatic rings. The lowest BCUT2D eigenvalue weighted by atomic mass is 10.1. The normalized spacial score (nSPS) is 10.0. The first-order valence-corrected chi connectivity index (χ1v) is 4.24. The molecule has 0 spiro atoms. The van der Waals surface area contributed by atoms with Crippen LogP contribution in [-0.2, 0) is 6.61 Å². The Morgan fingerprint density at radius 3 is 2.93 bits per heavy atom. The van der Waals surface area contributed by atoms with Gasteiger partial charge in [0.25, 0.3) is 0 Å². The predicted molar refractivity (Wildman–Crippen MR) is 52.4 cm³/mol. The number of rotatable bonds is 1.